The molecule has 1 fully saturated rings. The first kappa shape index (κ1) is 19.0. The minimum Gasteiger partial charge on any atom is -0.497 e. The molecule has 0 bridgehead atoms. The van der Waals surface area contributed by atoms with Crippen LogP contribution in [0.4, 0.5) is 0 Å². The molecule has 1 amide bonds. The highest BCUT2D eigenvalue weighted by molar-refractivity contribution is 5.95. The number of likely N-dealkylation sites (tertiary alicyclic amines) is 1. The number of methoxy groups -OCH3 is 2. The van der Waals surface area contributed by atoms with Crippen LogP contribution in [0.1, 0.15) is 44.0 Å². The number of hydrogen-bond acceptors (Lipinski definition) is 4. The molecule has 0 N–H and O–H groups in total. The second-order valence-electron chi connectivity index (χ2n) is 5.33. The average Bonchev–Trinajstić information content (AvgIpc) is 3.08. The van der Waals surface area contributed by atoms with Crippen LogP contribution in [0.3, 0.4) is 0 Å². The Morgan fingerprint density at radius 1 is 1.17 bits per heavy atom. The lowest BCUT2D eigenvalue weighted by atomic mass is 9.84. The van der Waals surface area contributed by atoms with Crippen molar-refractivity contribution in [1.29, 1.82) is 0 Å². The van der Waals surface area contributed by atoms with Gasteiger partial charge in [-0.1, -0.05) is 20.8 Å². The van der Waals surface area contributed by atoms with Crippen molar-refractivity contribution in [3.8, 4) is 5.75 Å². The molecule has 1 heterocycles. The molecule has 128 valence electrons. The molecule has 23 heavy (non-hydrogen) atoms. The topological polar surface area (TPSA) is 55.8 Å². The molecular formula is C18H27NO4. The largest absolute Gasteiger partial charge is 0.497 e. The van der Waals surface area contributed by atoms with Crippen LogP contribution in [0.2, 0.25) is 0 Å². The highest BCUT2D eigenvalue weighted by Gasteiger charge is 2.45. The average molecular weight is 321 g/mol. The summed E-state index contributed by atoms with van der Waals surface area (Å²) in [5.74, 6) is 0.428. The fourth-order valence-electron chi connectivity index (χ4n) is 2.78. The Morgan fingerprint density at radius 2 is 1.78 bits per heavy atom. The summed E-state index contributed by atoms with van der Waals surface area (Å²) in [6.45, 7) is 6.95. The van der Waals surface area contributed by atoms with Crippen molar-refractivity contribution < 1.29 is 19.1 Å². The number of esters is 1. The van der Waals surface area contributed by atoms with Crippen molar-refractivity contribution >= 4 is 11.9 Å². The van der Waals surface area contributed by atoms with Gasteiger partial charge in [-0.3, -0.25) is 9.59 Å². The maximum Gasteiger partial charge on any atom is 0.313 e. The molecule has 1 aromatic carbocycles. The van der Waals surface area contributed by atoms with E-state index in [-0.39, 0.29) is 11.9 Å². The summed E-state index contributed by atoms with van der Waals surface area (Å²) in [5.41, 5.74) is 0.0456. The quantitative estimate of drug-likeness (QED) is 0.800. The lowest BCUT2D eigenvalue weighted by Gasteiger charge is -2.24. The predicted octanol–water partition coefficient (Wildman–Crippen LogP) is 3.14. The Balaban J connectivity index is 0.00000127. The lowest BCUT2D eigenvalue weighted by Crippen LogP contribution is -2.37. The van der Waals surface area contributed by atoms with E-state index < -0.39 is 5.41 Å². The normalized spacial score (nSPS) is 19.6. The Morgan fingerprint density at radius 3 is 2.26 bits per heavy atom. The van der Waals surface area contributed by atoms with Crippen LogP contribution < -0.4 is 4.74 Å². The van der Waals surface area contributed by atoms with Gasteiger partial charge < -0.3 is 14.4 Å². The van der Waals surface area contributed by atoms with Crippen molar-refractivity contribution in [1.82, 2.24) is 4.90 Å². The van der Waals surface area contributed by atoms with E-state index in [0.717, 1.165) is 0 Å². The predicted molar refractivity (Wildman–Crippen MR) is 89.6 cm³/mol. The second-order valence-corrected chi connectivity index (χ2v) is 5.33. The number of hydrogen-bond donors (Lipinski definition) is 0. The summed E-state index contributed by atoms with van der Waals surface area (Å²) < 4.78 is 9.98. The third kappa shape index (κ3) is 4.03. The van der Waals surface area contributed by atoms with Gasteiger partial charge in [0.1, 0.15) is 5.75 Å². The van der Waals surface area contributed by atoms with E-state index in [4.69, 9.17) is 9.47 Å². The van der Waals surface area contributed by atoms with Crippen molar-refractivity contribution in [2.75, 3.05) is 27.3 Å². The first-order valence-electron chi connectivity index (χ1n) is 8.08. The molecule has 1 aliphatic heterocycles. The molecule has 1 saturated heterocycles. The summed E-state index contributed by atoms with van der Waals surface area (Å²) in [6.07, 6.45) is 1.32. The molecule has 1 atom stereocenters. The number of carbonyl (C=O) groups excluding carboxylic acids is 2. The van der Waals surface area contributed by atoms with E-state index in [0.29, 0.717) is 37.2 Å². The maximum absolute atomic E-state index is 12.5. The minimum atomic E-state index is -0.559. The van der Waals surface area contributed by atoms with Crippen LogP contribution in [-0.2, 0) is 9.53 Å². The first-order chi connectivity index (χ1) is 11.1. The molecule has 0 aliphatic carbocycles. The van der Waals surface area contributed by atoms with Crippen LogP contribution in [-0.4, -0.2) is 44.1 Å². The summed E-state index contributed by atoms with van der Waals surface area (Å²) in [7, 11) is 2.98. The van der Waals surface area contributed by atoms with E-state index in [1.807, 2.05) is 20.8 Å². The molecule has 0 spiro atoms. The van der Waals surface area contributed by atoms with Gasteiger partial charge in [0.15, 0.2) is 0 Å². The van der Waals surface area contributed by atoms with E-state index >= 15 is 0 Å². The van der Waals surface area contributed by atoms with Crippen LogP contribution in [0.25, 0.3) is 0 Å². The van der Waals surface area contributed by atoms with E-state index in [1.54, 1.807) is 36.3 Å². The fourth-order valence-corrected chi connectivity index (χ4v) is 2.78. The molecule has 0 aromatic heterocycles. The Bertz CT molecular complexity index is 526. The van der Waals surface area contributed by atoms with Crippen molar-refractivity contribution in [3.63, 3.8) is 0 Å². The highest BCUT2D eigenvalue weighted by Crippen LogP contribution is 2.35. The van der Waals surface area contributed by atoms with Crippen LogP contribution >= 0.6 is 0 Å². The summed E-state index contributed by atoms with van der Waals surface area (Å²) in [5, 5.41) is 0. The van der Waals surface area contributed by atoms with E-state index in [9.17, 15) is 9.59 Å². The minimum absolute atomic E-state index is 0.0584. The molecule has 0 saturated carbocycles. The summed E-state index contributed by atoms with van der Waals surface area (Å²) >= 11 is 0. The second kappa shape index (κ2) is 8.56. The number of nitrogens with zero attached hydrogens (tertiary/aromatic N) is 1. The SMILES string of the molecule is CC.CCC1(C(=O)OC)CCN(C(=O)c2ccc(OC)cc2)C1. The van der Waals surface area contributed by atoms with E-state index in [2.05, 4.69) is 0 Å². The van der Waals surface area contributed by atoms with Gasteiger partial charge in [-0.25, -0.2) is 0 Å². The Labute approximate surface area is 138 Å². The monoisotopic (exact) mass is 321 g/mol. The number of benzene rings is 1. The number of carbonyl (C=O) groups is 2. The van der Waals surface area contributed by atoms with Crippen LogP contribution in [0.15, 0.2) is 24.3 Å². The van der Waals surface area contributed by atoms with Crippen molar-refractivity contribution in [2.45, 2.75) is 33.6 Å². The van der Waals surface area contributed by atoms with Gasteiger partial charge in [0.2, 0.25) is 0 Å². The first-order valence-corrected chi connectivity index (χ1v) is 8.08. The van der Waals surface area contributed by atoms with Gasteiger partial charge in [-0.2, -0.15) is 0 Å². The zero-order valence-corrected chi connectivity index (χ0v) is 14.7. The Hall–Kier alpha value is -2.04. The number of ether oxygens (including phenoxy) is 2. The maximum atomic E-state index is 12.5. The third-order valence-electron chi connectivity index (χ3n) is 4.27. The molecule has 0 radical (unpaired) electrons. The third-order valence-corrected chi connectivity index (χ3v) is 4.27. The van der Waals surface area contributed by atoms with Crippen molar-refractivity contribution in [2.24, 2.45) is 5.41 Å². The van der Waals surface area contributed by atoms with Gasteiger partial charge in [0.25, 0.3) is 5.91 Å². The molecule has 2 rings (SSSR count). The standard InChI is InChI=1S/C16H21NO4.C2H6/c1-4-16(15(19)21-3)9-10-17(11-16)14(18)12-5-7-13(20-2)8-6-12;1-2/h5-8H,4,9-11H2,1-3H3;1-2H3. The number of rotatable bonds is 4. The van der Waals surface area contributed by atoms with Crippen LogP contribution in [0.5, 0.6) is 5.75 Å². The molecule has 1 aromatic rings. The smallest absolute Gasteiger partial charge is 0.313 e. The number of amides is 1. The molecular weight excluding hydrogens is 294 g/mol. The zero-order chi connectivity index (χ0) is 17.5. The fraction of sp³-hybridized carbons (Fsp3) is 0.556. The van der Waals surface area contributed by atoms with Gasteiger partial charge in [-0.05, 0) is 37.1 Å². The highest BCUT2D eigenvalue weighted by atomic mass is 16.5. The Kier molecular flexibility index (Phi) is 7.07. The van der Waals surface area contributed by atoms with E-state index in [1.165, 1.54) is 7.11 Å². The molecule has 5 heteroatoms. The van der Waals surface area contributed by atoms with Crippen LogP contribution in [0, 0.1) is 5.41 Å². The zero-order valence-electron chi connectivity index (χ0n) is 14.7. The summed E-state index contributed by atoms with van der Waals surface area (Å²) in [4.78, 5) is 26.2. The molecule has 1 aliphatic rings. The molecule has 5 nitrogen and oxygen atoms in total. The van der Waals surface area contributed by atoms with Gasteiger partial charge in [-0.15, -0.1) is 0 Å². The van der Waals surface area contributed by atoms with Gasteiger partial charge in [0, 0.05) is 18.7 Å². The van der Waals surface area contributed by atoms with Gasteiger partial charge in [0.05, 0.1) is 19.6 Å². The van der Waals surface area contributed by atoms with Crippen molar-refractivity contribution in [3.05, 3.63) is 29.8 Å². The lowest BCUT2D eigenvalue weighted by molar-refractivity contribution is -0.152. The summed E-state index contributed by atoms with van der Waals surface area (Å²) in [6, 6.07) is 7.00. The van der Waals surface area contributed by atoms with Gasteiger partial charge >= 0.3 is 5.97 Å². The molecule has 1 unspecified atom stereocenters.